The standard InChI is InChI=1S/C15H16N8O5S3/c1-28-22-7(6-4-31-15(17)19-6)10(24)20-8-11(25)23-9(13(26)27)5(3-30-12(8)23)2-18-21-14(16)29/h2,4,8,12H,3H2,1H3,(H2,17,19)(H,20,24)(H,26,27)(H3,16,21,29)/t8?,12-/m0/s1. The molecule has 2 aliphatic heterocycles. The van der Waals surface area contributed by atoms with E-state index in [1.165, 1.54) is 30.5 Å². The number of nitrogens with one attached hydrogen (secondary N) is 2. The molecule has 164 valence electrons. The van der Waals surface area contributed by atoms with Crippen LogP contribution in [0.5, 0.6) is 0 Å². The van der Waals surface area contributed by atoms with Crippen LogP contribution in [0.25, 0.3) is 0 Å². The molecule has 0 spiro atoms. The van der Waals surface area contributed by atoms with Crippen molar-refractivity contribution in [2.75, 3.05) is 18.6 Å². The lowest BCUT2D eigenvalue weighted by Gasteiger charge is -2.49. The number of thioether (sulfide) groups is 1. The van der Waals surface area contributed by atoms with E-state index in [0.29, 0.717) is 0 Å². The molecule has 1 fully saturated rings. The van der Waals surface area contributed by atoms with Crippen LogP contribution in [-0.2, 0) is 19.2 Å². The predicted octanol–water partition coefficient (Wildman–Crippen LogP) is -1.37. The number of thiocarbonyl (C=S) groups is 1. The average Bonchev–Trinajstić information content (AvgIpc) is 3.14. The molecule has 7 N–H and O–H groups in total. The highest BCUT2D eigenvalue weighted by atomic mass is 32.2. The Balaban J connectivity index is 1.78. The highest BCUT2D eigenvalue weighted by Crippen LogP contribution is 2.39. The van der Waals surface area contributed by atoms with Crippen LogP contribution in [0.1, 0.15) is 5.69 Å². The lowest BCUT2D eigenvalue weighted by molar-refractivity contribution is -0.150. The number of hydrazone groups is 1. The first-order chi connectivity index (χ1) is 14.7. The van der Waals surface area contributed by atoms with Gasteiger partial charge in [-0.1, -0.05) is 5.16 Å². The molecular formula is C15H16N8O5S3. The number of aliphatic carboxylic acids is 1. The Hall–Kier alpha value is -3.24. The number of oxime groups is 1. The van der Waals surface area contributed by atoms with Gasteiger partial charge in [0, 0.05) is 16.7 Å². The molecule has 1 aromatic heterocycles. The van der Waals surface area contributed by atoms with E-state index in [4.69, 9.17) is 16.3 Å². The molecule has 3 rings (SSSR count). The summed E-state index contributed by atoms with van der Waals surface area (Å²) in [4.78, 5) is 46.9. The first kappa shape index (κ1) is 22.4. The number of carboxylic acid groups (broad SMARTS) is 1. The number of β-lactam (4-membered cyclic amide) rings is 1. The number of aromatic nitrogens is 1. The molecule has 0 saturated carbocycles. The van der Waals surface area contributed by atoms with Gasteiger partial charge in [-0.05, 0) is 12.2 Å². The maximum atomic E-state index is 12.7. The third kappa shape index (κ3) is 4.59. The number of hydrogen-bond donors (Lipinski definition) is 5. The van der Waals surface area contributed by atoms with Crippen molar-refractivity contribution in [3.05, 3.63) is 22.3 Å². The smallest absolute Gasteiger partial charge is 0.353 e. The van der Waals surface area contributed by atoms with E-state index in [1.807, 2.05) is 0 Å². The maximum absolute atomic E-state index is 12.7. The number of nitrogens with zero attached hydrogens (tertiary/aromatic N) is 4. The first-order valence-electron chi connectivity index (χ1n) is 8.37. The van der Waals surface area contributed by atoms with Gasteiger partial charge in [-0.15, -0.1) is 23.1 Å². The number of carboxylic acids is 1. The zero-order chi connectivity index (χ0) is 22.7. The molecule has 1 unspecified atom stereocenters. The normalized spacial score (nSPS) is 20.9. The molecule has 1 aromatic rings. The number of anilines is 1. The van der Waals surface area contributed by atoms with Gasteiger partial charge >= 0.3 is 5.97 Å². The van der Waals surface area contributed by atoms with Crippen molar-refractivity contribution < 1.29 is 24.3 Å². The number of nitrogen functional groups attached to an aromatic ring is 1. The zero-order valence-corrected chi connectivity index (χ0v) is 18.2. The number of nitrogens with two attached hydrogens (primary N) is 2. The van der Waals surface area contributed by atoms with Crippen LogP contribution < -0.4 is 22.2 Å². The summed E-state index contributed by atoms with van der Waals surface area (Å²) in [5.41, 5.74) is 13.3. The SMILES string of the molecule is CON=C(C(=O)NC1C(=O)N2C(C(=O)O)=C(C=NNC(N)=S)CS[C@@H]12)c1csc(N)n1. The minimum atomic E-state index is -1.31. The molecule has 0 bridgehead atoms. The summed E-state index contributed by atoms with van der Waals surface area (Å²) in [6, 6.07) is -0.960. The number of rotatable bonds is 7. The molecule has 2 aliphatic rings. The van der Waals surface area contributed by atoms with Gasteiger partial charge in [0.2, 0.25) is 0 Å². The van der Waals surface area contributed by atoms with E-state index in [2.05, 4.69) is 38.2 Å². The number of fused-ring (bicyclic) bond motifs is 1. The third-order valence-electron chi connectivity index (χ3n) is 4.04. The summed E-state index contributed by atoms with van der Waals surface area (Å²) in [6.07, 6.45) is 1.24. The fourth-order valence-corrected chi connectivity index (χ4v) is 4.72. The fourth-order valence-electron chi connectivity index (χ4n) is 2.82. The summed E-state index contributed by atoms with van der Waals surface area (Å²) in [6.45, 7) is 0. The summed E-state index contributed by atoms with van der Waals surface area (Å²) < 4.78 is 0. The molecule has 1 saturated heterocycles. The van der Waals surface area contributed by atoms with Crippen LogP contribution >= 0.6 is 35.3 Å². The first-order valence-corrected chi connectivity index (χ1v) is 10.7. The van der Waals surface area contributed by atoms with Gasteiger partial charge in [0.1, 0.15) is 29.9 Å². The third-order valence-corrected chi connectivity index (χ3v) is 6.11. The largest absolute Gasteiger partial charge is 0.477 e. The van der Waals surface area contributed by atoms with Gasteiger partial charge < -0.3 is 26.7 Å². The Morgan fingerprint density at radius 1 is 1.52 bits per heavy atom. The van der Waals surface area contributed by atoms with Crippen molar-refractivity contribution in [1.29, 1.82) is 0 Å². The summed E-state index contributed by atoms with van der Waals surface area (Å²) in [7, 11) is 1.26. The number of thiazole rings is 1. The Bertz CT molecular complexity index is 1040. The van der Waals surface area contributed by atoms with Crippen molar-refractivity contribution in [2.45, 2.75) is 11.4 Å². The van der Waals surface area contributed by atoms with Gasteiger partial charge in [-0.2, -0.15) is 5.10 Å². The lowest BCUT2D eigenvalue weighted by atomic mass is 10.0. The van der Waals surface area contributed by atoms with Crippen molar-refractivity contribution in [3.8, 4) is 0 Å². The quantitative estimate of drug-likeness (QED) is 0.132. The Morgan fingerprint density at radius 3 is 2.84 bits per heavy atom. The molecule has 0 aromatic carbocycles. The number of amides is 2. The Kier molecular flexibility index (Phi) is 6.71. The zero-order valence-electron chi connectivity index (χ0n) is 15.8. The van der Waals surface area contributed by atoms with Gasteiger partial charge in [0.05, 0.1) is 6.21 Å². The van der Waals surface area contributed by atoms with Crippen LogP contribution in [0.15, 0.2) is 26.9 Å². The number of carbonyl (C=O) groups excluding carboxylic acids is 2. The Labute approximate surface area is 188 Å². The molecule has 2 atom stereocenters. The van der Waals surface area contributed by atoms with E-state index in [0.717, 1.165) is 16.2 Å². The minimum Gasteiger partial charge on any atom is -0.477 e. The fraction of sp³-hybridized carbons (Fsp3) is 0.267. The van der Waals surface area contributed by atoms with E-state index < -0.39 is 29.2 Å². The van der Waals surface area contributed by atoms with E-state index in [1.54, 1.807) is 0 Å². The van der Waals surface area contributed by atoms with Gasteiger partial charge in [-0.25, -0.2) is 9.78 Å². The average molecular weight is 485 g/mol. The molecule has 3 heterocycles. The summed E-state index contributed by atoms with van der Waals surface area (Å²) in [5.74, 6) is -2.38. The predicted molar refractivity (Wildman–Crippen MR) is 118 cm³/mol. The van der Waals surface area contributed by atoms with Crippen molar-refractivity contribution in [2.24, 2.45) is 16.0 Å². The highest BCUT2D eigenvalue weighted by molar-refractivity contribution is 8.00. The number of carbonyl (C=O) groups is 3. The monoisotopic (exact) mass is 484 g/mol. The van der Waals surface area contributed by atoms with E-state index in [-0.39, 0.29) is 38.7 Å². The van der Waals surface area contributed by atoms with Crippen molar-refractivity contribution in [3.63, 3.8) is 0 Å². The van der Waals surface area contributed by atoms with Gasteiger partial charge in [0.25, 0.3) is 11.8 Å². The maximum Gasteiger partial charge on any atom is 0.353 e. The number of hydrogen-bond acceptors (Lipinski definition) is 11. The second-order valence-corrected chi connectivity index (χ2v) is 8.40. The Morgan fingerprint density at radius 2 is 2.26 bits per heavy atom. The molecule has 2 amide bonds. The van der Waals surface area contributed by atoms with Crippen LogP contribution in [0.4, 0.5) is 5.13 Å². The van der Waals surface area contributed by atoms with Crippen LogP contribution in [-0.4, -0.2) is 74.1 Å². The molecule has 0 radical (unpaired) electrons. The van der Waals surface area contributed by atoms with Crippen LogP contribution in [0.3, 0.4) is 0 Å². The summed E-state index contributed by atoms with van der Waals surface area (Å²) >= 11 is 7.00. The topological polar surface area (TPSA) is 198 Å². The molecule has 0 aliphatic carbocycles. The molecule has 13 nitrogen and oxygen atoms in total. The minimum absolute atomic E-state index is 0.0896. The van der Waals surface area contributed by atoms with Crippen LogP contribution in [0, 0.1) is 0 Å². The van der Waals surface area contributed by atoms with Crippen molar-refractivity contribution >= 4 is 75.3 Å². The van der Waals surface area contributed by atoms with Gasteiger partial charge in [0.15, 0.2) is 16.0 Å². The lowest BCUT2D eigenvalue weighted by Crippen LogP contribution is -2.71. The van der Waals surface area contributed by atoms with E-state index in [9.17, 15) is 19.5 Å². The summed E-state index contributed by atoms with van der Waals surface area (Å²) in [5, 5.41) is 20.6. The van der Waals surface area contributed by atoms with E-state index >= 15 is 0 Å². The van der Waals surface area contributed by atoms with Crippen molar-refractivity contribution in [1.82, 2.24) is 20.6 Å². The van der Waals surface area contributed by atoms with Crippen LogP contribution in [0.2, 0.25) is 0 Å². The highest BCUT2D eigenvalue weighted by Gasteiger charge is 2.54. The van der Waals surface area contributed by atoms with Gasteiger partial charge in [-0.3, -0.25) is 19.9 Å². The molecule has 16 heteroatoms. The molecular weight excluding hydrogens is 468 g/mol. The molecule has 31 heavy (non-hydrogen) atoms. The second kappa shape index (κ2) is 9.27. The second-order valence-electron chi connectivity index (χ2n) is 5.97.